The molecule has 6 nitrogen and oxygen atoms in total. The van der Waals surface area contributed by atoms with Crippen LogP contribution >= 0.6 is 11.3 Å². The summed E-state index contributed by atoms with van der Waals surface area (Å²) in [6.45, 7) is 0.889. The summed E-state index contributed by atoms with van der Waals surface area (Å²) in [5, 5.41) is 12.7. The molecule has 0 radical (unpaired) electrons. The number of hydrogen-bond acceptors (Lipinski definition) is 6. The van der Waals surface area contributed by atoms with Crippen molar-refractivity contribution in [3.05, 3.63) is 57.5 Å². The van der Waals surface area contributed by atoms with E-state index in [9.17, 15) is 19.1 Å². The van der Waals surface area contributed by atoms with Crippen molar-refractivity contribution < 1.29 is 23.8 Å². The summed E-state index contributed by atoms with van der Waals surface area (Å²) in [6.07, 6.45) is 0. The molecule has 0 aliphatic carbocycles. The molecule has 1 amide bonds. The third kappa shape index (κ3) is 3.65. The molecular formula is C20H21FN2O4S. The van der Waals surface area contributed by atoms with Gasteiger partial charge in [0, 0.05) is 23.5 Å². The van der Waals surface area contributed by atoms with E-state index in [2.05, 4.69) is 0 Å². The molecule has 1 aromatic carbocycles. The molecule has 28 heavy (non-hydrogen) atoms. The van der Waals surface area contributed by atoms with E-state index in [1.54, 1.807) is 0 Å². The van der Waals surface area contributed by atoms with Gasteiger partial charge in [-0.1, -0.05) is 6.07 Å². The number of methoxy groups -OCH3 is 1. The van der Waals surface area contributed by atoms with Gasteiger partial charge in [-0.25, -0.2) is 4.39 Å². The van der Waals surface area contributed by atoms with Crippen LogP contribution in [0.2, 0.25) is 0 Å². The zero-order valence-corrected chi connectivity index (χ0v) is 16.6. The van der Waals surface area contributed by atoms with E-state index in [-0.39, 0.29) is 16.9 Å². The lowest BCUT2D eigenvalue weighted by Gasteiger charge is -2.25. The second-order valence-corrected chi connectivity index (χ2v) is 7.64. The average molecular weight is 404 g/mol. The van der Waals surface area contributed by atoms with Gasteiger partial charge in [0.25, 0.3) is 11.7 Å². The van der Waals surface area contributed by atoms with E-state index in [4.69, 9.17) is 4.74 Å². The number of likely N-dealkylation sites (tertiary alicyclic amines) is 1. The Bertz CT molecular complexity index is 924. The first-order chi connectivity index (χ1) is 13.3. The second-order valence-electron chi connectivity index (χ2n) is 6.66. The number of rotatable bonds is 6. The zero-order chi connectivity index (χ0) is 20.4. The molecule has 1 aliphatic heterocycles. The molecule has 1 aromatic heterocycles. The molecule has 0 unspecified atom stereocenters. The van der Waals surface area contributed by atoms with Crippen molar-refractivity contribution in [3.8, 4) is 5.75 Å². The highest BCUT2D eigenvalue weighted by Gasteiger charge is 2.46. The van der Waals surface area contributed by atoms with E-state index in [0.29, 0.717) is 13.1 Å². The van der Waals surface area contributed by atoms with Gasteiger partial charge in [-0.15, -0.1) is 11.3 Å². The largest absolute Gasteiger partial charge is 0.507 e. The maximum absolute atomic E-state index is 14.1. The van der Waals surface area contributed by atoms with Crippen LogP contribution in [-0.4, -0.2) is 60.9 Å². The SMILES string of the molecule is COc1ccc(/C(O)=C2\C(=O)C(=O)N(CCN(C)C)[C@@H]2c2cccs2)cc1F. The van der Waals surface area contributed by atoms with Gasteiger partial charge in [-0.05, 0) is 43.7 Å². The normalized spacial score (nSPS) is 18.9. The molecule has 2 aromatic rings. The van der Waals surface area contributed by atoms with Crippen molar-refractivity contribution in [2.75, 3.05) is 34.3 Å². The van der Waals surface area contributed by atoms with Gasteiger partial charge in [-0.2, -0.15) is 0 Å². The highest BCUT2D eigenvalue weighted by molar-refractivity contribution is 7.10. The van der Waals surface area contributed by atoms with Crippen LogP contribution in [0.4, 0.5) is 4.39 Å². The molecule has 1 saturated heterocycles. The lowest BCUT2D eigenvalue weighted by molar-refractivity contribution is -0.140. The average Bonchev–Trinajstić information content (AvgIpc) is 3.27. The number of benzene rings is 1. The van der Waals surface area contributed by atoms with Gasteiger partial charge in [0.2, 0.25) is 0 Å². The monoisotopic (exact) mass is 404 g/mol. The number of ketones is 1. The molecule has 1 atom stereocenters. The number of carbonyl (C=O) groups excluding carboxylic acids is 2. The highest BCUT2D eigenvalue weighted by Crippen LogP contribution is 2.41. The fourth-order valence-electron chi connectivity index (χ4n) is 3.13. The van der Waals surface area contributed by atoms with Crippen LogP contribution in [0.1, 0.15) is 16.5 Å². The number of nitrogens with zero attached hydrogens (tertiary/aromatic N) is 2. The summed E-state index contributed by atoms with van der Waals surface area (Å²) in [5.74, 6) is -2.48. The third-order valence-electron chi connectivity index (χ3n) is 4.57. The predicted molar refractivity (Wildman–Crippen MR) is 105 cm³/mol. The van der Waals surface area contributed by atoms with E-state index in [0.717, 1.165) is 10.9 Å². The van der Waals surface area contributed by atoms with Crippen molar-refractivity contribution >= 4 is 28.8 Å². The molecule has 0 saturated carbocycles. The maximum Gasteiger partial charge on any atom is 0.295 e. The van der Waals surface area contributed by atoms with Crippen molar-refractivity contribution in [2.24, 2.45) is 0 Å². The molecular weight excluding hydrogens is 383 g/mol. The smallest absolute Gasteiger partial charge is 0.295 e. The fourth-order valence-corrected chi connectivity index (χ4v) is 3.98. The Labute approximate surface area is 166 Å². The Kier molecular flexibility index (Phi) is 5.81. The molecule has 148 valence electrons. The van der Waals surface area contributed by atoms with Gasteiger partial charge in [0.1, 0.15) is 5.76 Å². The Balaban J connectivity index is 2.10. The molecule has 2 heterocycles. The summed E-state index contributed by atoms with van der Waals surface area (Å²) in [7, 11) is 5.08. The van der Waals surface area contributed by atoms with Gasteiger partial charge in [-0.3, -0.25) is 9.59 Å². The van der Waals surface area contributed by atoms with Crippen molar-refractivity contribution in [1.82, 2.24) is 9.80 Å². The van der Waals surface area contributed by atoms with E-state index in [1.807, 2.05) is 36.5 Å². The number of aliphatic hydroxyl groups excluding tert-OH is 1. The number of Topliss-reactive ketones (excluding diaryl/α,β-unsaturated/α-hetero) is 1. The standard InChI is InChI=1S/C20H21FN2O4S/c1-22(2)8-9-23-17(15-5-4-10-28-15)16(19(25)20(23)26)18(24)12-6-7-14(27-3)13(21)11-12/h4-7,10-11,17,24H,8-9H2,1-3H3/b18-16+/t17-/m1/s1. The van der Waals surface area contributed by atoms with Crippen LogP contribution in [0.15, 0.2) is 41.3 Å². The summed E-state index contributed by atoms with van der Waals surface area (Å²) < 4.78 is 19.0. The predicted octanol–water partition coefficient (Wildman–Crippen LogP) is 2.88. The first kappa shape index (κ1) is 20.0. The van der Waals surface area contributed by atoms with Crippen LogP contribution in [0.3, 0.4) is 0 Å². The molecule has 8 heteroatoms. The Morgan fingerprint density at radius 2 is 2.07 bits per heavy atom. The zero-order valence-electron chi connectivity index (χ0n) is 15.8. The lowest BCUT2D eigenvalue weighted by Crippen LogP contribution is -2.35. The first-order valence-corrected chi connectivity index (χ1v) is 9.53. The summed E-state index contributed by atoms with van der Waals surface area (Å²) in [5.41, 5.74) is 0.0845. The Morgan fingerprint density at radius 3 is 2.64 bits per heavy atom. The number of halogens is 1. The summed E-state index contributed by atoms with van der Waals surface area (Å²) in [6, 6.07) is 6.84. The fraction of sp³-hybridized carbons (Fsp3) is 0.300. The topological polar surface area (TPSA) is 70.1 Å². The minimum atomic E-state index is -0.772. The third-order valence-corrected chi connectivity index (χ3v) is 5.49. The van der Waals surface area contributed by atoms with Gasteiger partial charge in [0.15, 0.2) is 11.6 Å². The minimum absolute atomic E-state index is 0.0257. The van der Waals surface area contributed by atoms with Crippen LogP contribution in [0.25, 0.3) is 5.76 Å². The number of amides is 1. The second kappa shape index (κ2) is 8.12. The minimum Gasteiger partial charge on any atom is -0.507 e. The first-order valence-electron chi connectivity index (χ1n) is 8.65. The molecule has 0 bridgehead atoms. The lowest BCUT2D eigenvalue weighted by atomic mass is 9.99. The summed E-state index contributed by atoms with van der Waals surface area (Å²) in [4.78, 5) is 29.5. The number of likely N-dealkylation sites (N-methyl/N-ethyl adjacent to an activating group) is 1. The Hall–Kier alpha value is -2.71. The molecule has 1 fully saturated rings. The van der Waals surface area contributed by atoms with Gasteiger partial charge < -0.3 is 19.6 Å². The number of thiophene rings is 1. The van der Waals surface area contributed by atoms with E-state index < -0.39 is 29.3 Å². The maximum atomic E-state index is 14.1. The van der Waals surface area contributed by atoms with Crippen molar-refractivity contribution in [3.63, 3.8) is 0 Å². The van der Waals surface area contributed by atoms with Crippen LogP contribution in [-0.2, 0) is 9.59 Å². The van der Waals surface area contributed by atoms with Crippen LogP contribution < -0.4 is 4.74 Å². The molecule has 0 spiro atoms. The number of hydrogen-bond donors (Lipinski definition) is 1. The number of ether oxygens (including phenoxy) is 1. The van der Waals surface area contributed by atoms with Crippen molar-refractivity contribution in [1.29, 1.82) is 0 Å². The quantitative estimate of drug-likeness (QED) is 0.456. The summed E-state index contributed by atoms with van der Waals surface area (Å²) >= 11 is 1.39. The molecule has 3 rings (SSSR count). The van der Waals surface area contributed by atoms with Crippen LogP contribution in [0.5, 0.6) is 5.75 Å². The highest BCUT2D eigenvalue weighted by atomic mass is 32.1. The van der Waals surface area contributed by atoms with Gasteiger partial charge in [0.05, 0.1) is 18.7 Å². The van der Waals surface area contributed by atoms with E-state index >= 15 is 0 Å². The number of aliphatic hydroxyl groups is 1. The number of carbonyl (C=O) groups is 2. The van der Waals surface area contributed by atoms with Crippen LogP contribution in [0, 0.1) is 5.82 Å². The Morgan fingerprint density at radius 1 is 1.32 bits per heavy atom. The van der Waals surface area contributed by atoms with Gasteiger partial charge >= 0.3 is 0 Å². The molecule has 1 N–H and O–H groups in total. The molecule has 1 aliphatic rings. The van der Waals surface area contributed by atoms with E-state index in [1.165, 1.54) is 35.5 Å². The van der Waals surface area contributed by atoms with Crippen molar-refractivity contribution in [2.45, 2.75) is 6.04 Å².